The average molecular weight is 422 g/mol. The van der Waals surface area contributed by atoms with Crippen molar-refractivity contribution in [2.24, 2.45) is 5.92 Å². The van der Waals surface area contributed by atoms with E-state index in [9.17, 15) is 9.59 Å². The van der Waals surface area contributed by atoms with Crippen LogP contribution in [0.3, 0.4) is 0 Å². The zero-order chi connectivity index (χ0) is 21.0. The highest BCUT2D eigenvalue weighted by Gasteiger charge is 2.35. The maximum absolute atomic E-state index is 12.6. The number of rotatable bonds is 7. The number of amides is 2. The van der Waals surface area contributed by atoms with E-state index in [1.807, 2.05) is 41.8 Å². The number of ether oxygens (including phenoxy) is 2. The van der Waals surface area contributed by atoms with Gasteiger partial charge in [-0.3, -0.25) is 14.5 Å². The molecule has 0 bridgehead atoms. The Hall–Kier alpha value is -1.93. The van der Waals surface area contributed by atoms with E-state index in [0.29, 0.717) is 12.3 Å². The van der Waals surface area contributed by atoms with Gasteiger partial charge in [-0.05, 0) is 18.2 Å². The van der Waals surface area contributed by atoms with E-state index >= 15 is 0 Å². The first-order chi connectivity index (χ1) is 13.9. The molecule has 1 atom stereocenters. The van der Waals surface area contributed by atoms with E-state index in [1.165, 1.54) is 0 Å². The normalized spacial score (nSPS) is 20.4. The standard InChI is InChI=1S/C21H31N3O4S/c1-15(2)20(26)23-10-7-22(8-11-23)9-12-24-19(25)14-29-21(24)17-13-16(27-3)5-6-18(17)28-4/h5-6,13,15,21H,7-12,14H2,1-4H3. The minimum atomic E-state index is -0.0728. The highest BCUT2D eigenvalue weighted by Crippen LogP contribution is 2.43. The minimum absolute atomic E-state index is 0.0411. The van der Waals surface area contributed by atoms with Crippen LogP contribution in [0.4, 0.5) is 0 Å². The van der Waals surface area contributed by atoms with Crippen LogP contribution in [-0.2, 0) is 9.59 Å². The van der Waals surface area contributed by atoms with Crippen molar-refractivity contribution in [1.82, 2.24) is 14.7 Å². The fourth-order valence-corrected chi connectivity index (χ4v) is 5.03. The van der Waals surface area contributed by atoms with Crippen molar-refractivity contribution >= 4 is 23.6 Å². The molecule has 1 unspecified atom stereocenters. The Bertz CT molecular complexity index is 735. The lowest BCUT2D eigenvalue weighted by atomic mass is 10.1. The summed E-state index contributed by atoms with van der Waals surface area (Å²) in [6.45, 7) is 8.56. The molecule has 7 nitrogen and oxygen atoms in total. The molecule has 0 aromatic heterocycles. The van der Waals surface area contributed by atoms with Gasteiger partial charge in [0, 0.05) is 50.7 Å². The number of hydrogen-bond acceptors (Lipinski definition) is 6. The molecule has 0 N–H and O–H groups in total. The van der Waals surface area contributed by atoms with Gasteiger partial charge in [0.05, 0.1) is 20.0 Å². The van der Waals surface area contributed by atoms with Gasteiger partial charge in [-0.15, -0.1) is 11.8 Å². The fourth-order valence-electron chi connectivity index (χ4n) is 3.79. The smallest absolute Gasteiger partial charge is 0.233 e. The molecule has 2 fully saturated rings. The first kappa shape index (κ1) is 21.8. The Kier molecular flexibility index (Phi) is 7.29. The van der Waals surface area contributed by atoms with Gasteiger partial charge in [0.15, 0.2) is 0 Å². The Labute approximate surface area is 177 Å². The molecule has 160 valence electrons. The summed E-state index contributed by atoms with van der Waals surface area (Å²) in [5, 5.41) is -0.0728. The van der Waals surface area contributed by atoms with E-state index in [-0.39, 0.29) is 23.1 Å². The number of carbonyl (C=O) groups excluding carboxylic acids is 2. The molecule has 2 aliphatic rings. The number of hydrogen-bond donors (Lipinski definition) is 0. The lowest BCUT2D eigenvalue weighted by Crippen LogP contribution is -2.51. The Morgan fingerprint density at radius 3 is 2.48 bits per heavy atom. The molecule has 0 aliphatic carbocycles. The molecule has 1 aromatic carbocycles. The van der Waals surface area contributed by atoms with Crippen LogP contribution in [0.2, 0.25) is 0 Å². The van der Waals surface area contributed by atoms with Gasteiger partial charge in [0.1, 0.15) is 16.9 Å². The summed E-state index contributed by atoms with van der Waals surface area (Å²) in [5.41, 5.74) is 0.968. The molecule has 3 rings (SSSR count). The van der Waals surface area contributed by atoms with E-state index in [1.54, 1.807) is 26.0 Å². The molecule has 1 aromatic rings. The summed E-state index contributed by atoms with van der Waals surface area (Å²) in [6.07, 6.45) is 0. The molecular weight excluding hydrogens is 390 g/mol. The van der Waals surface area contributed by atoms with Crippen LogP contribution in [0, 0.1) is 5.92 Å². The fraction of sp³-hybridized carbons (Fsp3) is 0.619. The van der Waals surface area contributed by atoms with Crippen LogP contribution in [0.15, 0.2) is 18.2 Å². The maximum Gasteiger partial charge on any atom is 0.233 e. The van der Waals surface area contributed by atoms with Gasteiger partial charge in [-0.1, -0.05) is 13.8 Å². The first-order valence-electron chi connectivity index (χ1n) is 10.1. The third-order valence-corrected chi connectivity index (χ3v) is 6.74. The van der Waals surface area contributed by atoms with Crippen molar-refractivity contribution in [3.8, 4) is 11.5 Å². The van der Waals surface area contributed by atoms with Crippen LogP contribution >= 0.6 is 11.8 Å². The van der Waals surface area contributed by atoms with Gasteiger partial charge >= 0.3 is 0 Å². The molecule has 8 heteroatoms. The van der Waals surface area contributed by atoms with Crippen LogP contribution in [0.1, 0.15) is 24.8 Å². The topological polar surface area (TPSA) is 62.3 Å². The van der Waals surface area contributed by atoms with E-state index in [0.717, 1.165) is 49.8 Å². The van der Waals surface area contributed by atoms with Gasteiger partial charge < -0.3 is 19.3 Å². The molecule has 2 aliphatic heterocycles. The minimum Gasteiger partial charge on any atom is -0.497 e. The summed E-state index contributed by atoms with van der Waals surface area (Å²) in [4.78, 5) is 30.9. The predicted octanol–water partition coefficient (Wildman–Crippen LogP) is 2.08. The molecule has 0 saturated carbocycles. The number of nitrogens with zero attached hydrogens (tertiary/aromatic N) is 3. The summed E-state index contributed by atoms with van der Waals surface area (Å²) in [7, 11) is 3.29. The molecule has 2 amide bonds. The number of benzene rings is 1. The van der Waals surface area contributed by atoms with Crippen molar-refractivity contribution in [1.29, 1.82) is 0 Å². The number of carbonyl (C=O) groups is 2. The second kappa shape index (κ2) is 9.71. The highest BCUT2D eigenvalue weighted by atomic mass is 32.2. The first-order valence-corrected chi connectivity index (χ1v) is 11.1. The molecular formula is C21H31N3O4S. The van der Waals surface area contributed by atoms with Gasteiger partial charge in [0.2, 0.25) is 11.8 Å². The predicted molar refractivity (Wildman–Crippen MR) is 114 cm³/mol. The Balaban J connectivity index is 1.62. The highest BCUT2D eigenvalue weighted by molar-refractivity contribution is 8.00. The Morgan fingerprint density at radius 2 is 1.86 bits per heavy atom. The van der Waals surface area contributed by atoms with E-state index in [2.05, 4.69) is 4.90 Å². The van der Waals surface area contributed by atoms with E-state index in [4.69, 9.17) is 9.47 Å². The van der Waals surface area contributed by atoms with Crippen molar-refractivity contribution in [2.75, 3.05) is 59.2 Å². The third kappa shape index (κ3) is 4.98. The summed E-state index contributed by atoms with van der Waals surface area (Å²) < 4.78 is 10.9. The zero-order valence-electron chi connectivity index (χ0n) is 17.7. The second-order valence-corrected chi connectivity index (χ2v) is 8.75. The zero-order valence-corrected chi connectivity index (χ0v) is 18.5. The lowest BCUT2D eigenvalue weighted by Gasteiger charge is -2.36. The van der Waals surface area contributed by atoms with Gasteiger partial charge in [0.25, 0.3) is 0 Å². The van der Waals surface area contributed by atoms with Crippen LogP contribution < -0.4 is 9.47 Å². The molecule has 29 heavy (non-hydrogen) atoms. The quantitative estimate of drug-likeness (QED) is 0.672. The molecule has 2 saturated heterocycles. The number of thioether (sulfide) groups is 1. The molecule has 0 spiro atoms. The van der Waals surface area contributed by atoms with Gasteiger partial charge in [-0.25, -0.2) is 0 Å². The van der Waals surface area contributed by atoms with Crippen LogP contribution in [0.25, 0.3) is 0 Å². The number of piperazine rings is 1. The lowest BCUT2D eigenvalue weighted by molar-refractivity contribution is -0.136. The van der Waals surface area contributed by atoms with Crippen molar-refractivity contribution < 1.29 is 19.1 Å². The number of methoxy groups -OCH3 is 2. The van der Waals surface area contributed by atoms with Gasteiger partial charge in [-0.2, -0.15) is 0 Å². The third-order valence-electron chi connectivity index (χ3n) is 5.51. The summed E-state index contributed by atoms with van der Waals surface area (Å²) in [5.74, 6) is 2.41. The van der Waals surface area contributed by atoms with E-state index < -0.39 is 0 Å². The average Bonchev–Trinajstić information content (AvgIpc) is 3.11. The van der Waals surface area contributed by atoms with Crippen LogP contribution in [-0.4, -0.2) is 85.8 Å². The molecule has 0 radical (unpaired) electrons. The van der Waals surface area contributed by atoms with Crippen LogP contribution in [0.5, 0.6) is 11.5 Å². The Morgan fingerprint density at radius 1 is 1.14 bits per heavy atom. The second-order valence-electron chi connectivity index (χ2n) is 7.68. The SMILES string of the molecule is COc1ccc(OC)c(C2SCC(=O)N2CCN2CCN(C(=O)C(C)C)CC2)c1. The van der Waals surface area contributed by atoms with Crippen molar-refractivity contribution in [3.05, 3.63) is 23.8 Å². The largest absolute Gasteiger partial charge is 0.497 e. The summed E-state index contributed by atoms with van der Waals surface area (Å²) >= 11 is 1.62. The summed E-state index contributed by atoms with van der Waals surface area (Å²) in [6, 6.07) is 5.71. The monoisotopic (exact) mass is 421 g/mol. The maximum atomic E-state index is 12.6. The molecule has 2 heterocycles. The van der Waals surface area contributed by atoms with Crippen molar-refractivity contribution in [2.45, 2.75) is 19.2 Å². The van der Waals surface area contributed by atoms with Crippen molar-refractivity contribution in [3.63, 3.8) is 0 Å².